The summed E-state index contributed by atoms with van der Waals surface area (Å²) in [5.74, 6) is 0.0101. The van der Waals surface area contributed by atoms with Crippen LogP contribution >= 0.6 is 0 Å². The van der Waals surface area contributed by atoms with Gasteiger partial charge in [0.1, 0.15) is 0 Å². The monoisotopic (exact) mass is 408 g/mol. The molecule has 7 heteroatoms. The van der Waals surface area contributed by atoms with E-state index in [4.69, 9.17) is 5.26 Å². The van der Waals surface area contributed by atoms with Crippen molar-refractivity contribution in [2.75, 3.05) is 6.54 Å². The molecule has 31 heavy (non-hydrogen) atoms. The van der Waals surface area contributed by atoms with Gasteiger partial charge in [0.15, 0.2) is 6.19 Å². The van der Waals surface area contributed by atoms with E-state index in [0.717, 1.165) is 23.1 Å². The van der Waals surface area contributed by atoms with Gasteiger partial charge in [0.25, 0.3) is 5.91 Å². The van der Waals surface area contributed by atoms with Crippen molar-refractivity contribution in [2.24, 2.45) is 0 Å². The van der Waals surface area contributed by atoms with Crippen molar-refractivity contribution in [2.45, 2.75) is 31.6 Å². The molecule has 1 aromatic heterocycles. The van der Waals surface area contributed by atoms with Crippen LogP contribution < -0.4 is 0 Å². The van der Waals surface area contributed by atoms with Crippen LogP contribution in [0.3, 0.4) is 0 Å². The van der Waals surface area contributed by atoms with Crippen LogP contribution in [0, 0.1) is 22.8 Å². The molecule has 0 N–H and O–H groups in total. The van der Waals surface area contributed by atoms with Crippen molar-refractivity contribution in [3.63, 3.8) is 0 Å². The van der Waals surface area contributed by atoms with Gasteiger partial charge in [0.2, 0.25) is 0 Å². The Morgan fingerprint density at radius 1 is 1.10 bits per heavy atom. The summed E-state index contributed by atoms with van der Waals surface area (Å²) in [6.45, 7) is 1.73. The van der Waals surface area contributed by atoms with Gasteiger partial charge in [0, 0.05) is 31.0 Å². The fraction of sp³-hybridized carbons (Fsp3) is 0.250. The Balaban J connectivity index is 1.36. The molecule has 5 rings (SSSR count). The standard InChI is InChI=1S/C24H20N6O/c25-12-17-3-1-4-18(9-17)19-5-6-20-13-30(24(31)23(20)10-19)22-11-21(28(14-22)16-26)15-29-8-2-7-27-29/h1-10,21-22H,11,13-15H2/t21-,22+/m0/s1. The molecule has 0 unspecified atom stereocenters. The molecule has 0 aliphatic carbocycles. The second-order valence-corrected chi connectivity index (χ2v) is 8.02. The van der Waals surface area contributed by atoms with Crippen LogP contribution in [0.5, 0.6) is 0 Å². The number of amides is 1. The Labute approximate surface area is 180 Å². The first kappa shape index (κ1) is 18.9. The lowest BCUT2D eigenvalue weighted by Gasteiger charge is -2.23. The molecular formula is C24H20N6O. The maximum Gasteiger partial charge on any atom is 0.254 e. The van der Waals surface area contributed by atoms with Crippen molar-refractivity contribution in [3.8, 4) is 23.4 Å². The van der Waals surface area contributed by atoms with Gasteiger partial charge in [-0.05, 0) is 47.4 Å². The molecule has 1 amide bonds. The Bertz CT molecular complexity index is 1220. The fourth-order valence-electron chi connectivity index (χ4n) is 4.60. The normalized spacial score (nSPS) is 19.9. The zero-order valence-electron chi connectivity index (χ0n) is 16.8. The van der Waals surface area contributed by atoms with E-state index >= 15 is 0 Å². The first-order valence-corrected chi connectivity index (χ1v) is 10.2. The SMILES string of the molecule is N#Cc1cccc(-c2ccc3c(c2)C(=O)N([C@@H]2C[C@@H](Cn4cccn4)N(C#N)C2)C3)c1. The molecule has 3 heterocycles. The van der Waals surface area contributed by atoms with Gasteiger partial charge < -0.3 is 9.80 Å². The molecule has 2 aliphatic rings. The smallest absolute Gasteiger partial charge is 0.254 e. The van der Waals surface area contributed by atoms with E-state index in [1.807, 2.05) is 58.2 Å². The summed E-state index contributed by atoms with van der Waals surface area (Å²) in [6, 6.07) is 17.4. The van der Waals surface area contributed by atoms with E-state index in [1.54, 1.807) is 17.2 Å². The zero-order valence-corrected chi connectivity index (χ0v) is 16.8. The second-order valence-electron chi connectivity index (χ2n) is 8.02. The largest absolute Gasteiger partial charge is 0.329 e. The third kappa shape index (κ3) is 3.41. The van der Waals surface area contributed by atoms with Crippen LogP contribution in [-0.4, -0.2) is 44.1 Å². The third-order valence-electron chi connectivity index (χ3n) is 6.19. The van der Waals surface area contributed by atoms with Gasteiger partial charge in [-0.15, -0.1) is 0 Å². The number of hydrogen-bond donors (Lipinski definition) is 0. The predicted molar refractivity (Wildman–Crippen MR) is 113 cm³/mol. The average Bonchev–Trinajstić information content (AvgIpc) is 3.53. The molecular weight excluding hydrogens is 388 g/mol. The number of fused-ring (bicyclic) bond motifs is 1. The van der Waals surface area contributed by atoms with E-state index in [-0.39, 0.29) is 18.0 Å². The van der Waals surface area contributed by atoms with Gasteiger partial charge >= 0.3 is 0 Å². The molecule has 0 radical (unpaired) electrons. The number of nitriles is 2. The lowest BCUT2D eigenvalue weighted by Crippen LogP contribution is -2.37. The fourth-order valence-corrected chi connectivity index (χ4v) is 4.60. The number of hydrogen-bond acceptors (Lipinski definition) is 5. The number of aromatic nitrogens is 2. The van der Waals surface area contributed by atoms with E-state index < -0.39 is 0 Å². The Kier molecular flexibility index (Phi) is 4.65. The van der Waals surface area contributed by atoms with Crippen LogP contribution in [0.4, 0.5) is 0 Å². The summed E-state index contributed by atoms with van der Waals surface area (Å²) in [5.41, 5.74) is 4.15. The molecule has 2 aromatic carbocycles. The molecule has 0 spiro atoms. The minimum Gasteiger partial charge on any atom is -0.329 e. The first-order chi connectivity index (χ1) is 15.2. The summed E-state index contributed by atoms with van der Waals surface area (Å²) in [4.78, 5) is 16.9. The molecule has 152 valence electrons. The van der Waals surface area contributed by atoms with Crippen molar-refractivity contribution >= 4 is 5.91 Å². The average molecular weight is 408 g/mol. The maximum absolute atomic E-state index is 13.3. The molecule has 2 atom stereocenters. The number of benzene rings is 2. The number of carbonyl (C=O) groups is 1. The number of likely N-dealkylation sites (tertiary alicyclic amines) is 1. The van der Waals surface area contributed by atoms with Crippen molar-refractivity contribution in [1.29, 1.82) is 10.5 Å². The Hall–Kier alpha value is -4.10. The Morgan fingerprint density at radius 3 is 2.74 bits per heavy atom. The Morgan fingerprint density at radius 2 is 1.97 bits per heavy atom. The van der Waals surface area contributed by atoms with Crippen LogP contribution in [0.25, 0.3) is 11.1 Å². The third-order valence-corrected chi connectivity index (χ3v) is 6.19. The quantitative estimate of drug-likeness (QED) is 0.619. The highest BCUT2D eigenvalue weighted by molar-refractivity contribution is 5.99. The highest BCUT2D eigenvalue weighted by atomic mass is 16.2. The second kappa shape index (κ2) is 7.62. The molecule has 0 bridgehead atoms. The molecule has 7 nitrogen and oxygen atoms in total. The van der Waals surface area contributed by atoms with E-state index in [1.165, 1.54) is 0 Å². The lowest BCUT2D eigenvalue weighted by atomic mass is 9.99. The summed E-state index contributed by atoms with van der Waals surface area (Å²) < 4.78 is 1.83. The summed E-state index contributed by atoms with van der Waals surface area (Å²) in [7, 11) is 0. The van der Waals surface area contributed by atoms with Crippen LogP contribution in [0.2, 0.25) is 0 Å². The molecule has 3 aromatic rings. The summed E-state index contributed by atoms with van der Waals surface area (Å²) in [5, 5.41) is 23.0. The maximum atomic E-state index is 13.3. The van der Waals surface area contributed by atoms with E-state index in [0.29, 0.717) is 30.8 Å². The predicted octanol–water partition coefficient (Wildman–Crippen LogP) is 3.00. The summed E-state index contributed by atoms with van der Waals surface area (Å²) >= 11 is 0. The van der Waals surface area contributed by atoms with Crippen LogP contribution in [0.1, 0.15) is 27.9 Å². The molecule has 2 aliphatic heterocycles. The highest BCUT2D eigenvalue weighted by Gasteiger charge is 2.40. The highest BCUT2D eigenvalue weighted by Crippen LogP contribution is 2.33. The van der Waals surface area contributed by atoms with Gasteiger partial charge in [-0.2, -0.15) is 15.6 Å². The summed E-state index contributed by atoms with van der Waals surface area (Å²) in [6.07, 6.45) is 6.65. The molecule has 1 fully saturated rings. The zero-order chi connectivity index (χ0) is 21.4. The number of carbonyl (C=O) groups excluding carboxylic acids is 1. The van der Waals surface area contributed by atoms with Crippen molar-refractivity contribution < 1.29 is 4.79 Å². The lowest BCUT2D eigenvalue weighted by molar-refractivity contribution is 0.0711. The van der Waals surface area contributed by atoms with E-state index in [9.17, 15) is 10.1 Å². The number of rotatable bonds is 4. The van der Waals surface area contributed by atoms with Gasteiger partial charge in [0.05, 0.1) is 30.3 Å². The first-order valence-electron chi connectivity index (χ1n) is 10.2. The minimum atomic E-state index is -0.00882. The topological polar surface area (TPSA) is 88.9 Å². The number of nitrogens with zero attached hydrogens (tertiary/aromatic N) is 6. The molecule has 0 saturated carbocycles. The van der Waals surface area contributed by atoms with Gasteiger partial charge in [-0.3, -0.25) is 9.48 Å². The van der Waals surface area contributed by atoms with Gasteiger partial charge in [-0.25, -0.2) is 0 Å². The van der Waals surface area contributed by atoms with Gasteiger partial charge in [-0.1, -0.05) is 24.3 Å². The van der Waals surface area contributed by atoms with E-state index in [2.05, 4.69) is 17.4 Å². The van der Waals surface area contributed by atoms with Crippen molar-refractivity contribution in [1.82, 2.24) is 19.6 Å². The van der Waals surface area contributed by atoms with Crippen molar-refractivity contribution in [3.05, 3.63) is 77.6 Å². The minimum absolute atomic E-state index is 0.00882. The van der Waals surface area contributed by atoms with Crippen LogP contribution in [0.15, 0.2) is 60.9 Å². The van der Waals surface area contributed by atoms with Crippen LogP contribution in [-0.2, 0) is 13.1 Å². The molecule has 1 saturated heterocycles.